The quantitative estimate of drug-likeness (QED) is 0.794. The second-order valence-corrected chi connectivity index (χ2v) is 4.70. The summed E-state index contributed by atoms with van der Waals surface area (Å²) in [4.78, 5) is 4.36. The zero-order valence-electron chi connectivity index (χ0n) is 11.0. The van der Waals surface area contributed by atoms with Gasteiger partial charge in [-0.15, -0.1) is 0 Å². The number of nitrogens with one attached hydrogen (secondary N) is 1. The maximum Gasteiger partial charge on any atom is 0.0372 e. The van der Waals surface area contributed by atoms with Crippen LogP contribution in [0.4, 0.5) is 0 Å². The van der Waals surface area contributed by atoms with E-state index in [1.807, 2.05) is 20.2 Å². The zero-order chi connectivity index (χ0) is 12.0. The van der Waals surface area contributed by atoms with Crippen molar-refractivity contribution in [1.29, 1.82) is 0 Å². The minimum Gasteiger partial charge on any atom is -0.313 e. The summed E-state index contributed by atoms with van der Waals surface area (Å²) in [7, 11) is 2.03. The lowest BCUT2D eigenvalue weighted by Crippen LogP contribution is -2.19. The number of nitrogens with zero attached hydrogens (tertiary/aromatic N) is 1. The van der Waals surface area contributed by atoms with Crippen LogP contribution in [0.25, 0.3) is 0 Å². The molecule has 0 amide bonds. The number of hydrogen-bond acceptors (Lipinski definition) is 2. The van der Waals surface area contributed by atoms with Crippen LogP contribution < -0.4 is 5.32 Å². The van der Waals surface area contributed by atoms with Gasteiger partial charge in [0.15, 0.2) is 0 Å². The molecular formula is C14H24N2. The second kappa shape index (κ2) is 6.64. The Morgan fingerprint density at radius 3 is 2.62 bits per heavy atom. The van der Waals surface area contributed by atoms with Crippen molar-refractivity contribution in [3.05, 3.63) is 29.6 Å². The Bertz CT molecular complexity index is 292. The summed E-state index contributed by atoms with van der Waals surface area (Å²) < 4.78 is 0. The van der Waals surface area contributed by atoms with Gasteiger partial charge in [0.1, 0.15) is 0 Å². The highest BCUT2D eigenvalue weighted by Gasteiger charge is 2.13. The fraction of sp³-hybridized carbons (Fsp3) is 0.643. The molecule has 0 spiro atoms. The highest BCUT2D eigenvalue weighted by atomic mass is 14.9. The lowest BCUT2D eigenvalue weighted by Gasteiger charge is -2.20. The van der Waals surface area contributed by atoms with Crippen molar-refractivity contribution in [1.82, 2.24) is 10.3 Å². The third kappa shape index (κ3) is 3.93. The van der Waals surface area contributed by atoms with Crippen molar-refractivity contribution in [3.63, 3.8) is 0 Å². The van der Waals surface area contributed by atoms with Crippen LogP contribution in [0.2, 0.25) is 0 Å². The molecule has 0 aliphatic rings. The van der Waals surface area contributed by atoms with E-state index in [1.165, 1.54) is 24.8 Å². The molecule has 1 aromatic rings. The molecule has 2 unspecified atom stereocenters. The van der Waals surface area contributed by atoms with Crippen LogP contribution in [-0.2, 0) is 0 Å². The third-order valence-corrected chi connectivity index (χ3v) is 3.10. The summed E-state index contributed by atoms with van der Waals surface area (Å²) in [6.45, 7) is 6.60. The van der Waals surface area contributed by atoms with Crippen molar-refractivity contribution in [3.8, 4) is 0 Å². The van der Waals surface area contributed by atoms with Crippen LogP contribution in [0, 0.1) is 12.8 Å². The lowest BCUT2D eigenvalue weighted by molar-refractivity contribution is 0.406. The number of aryl methyl sites for hydroxylation is 1. The predicted octanol–water partition coefficient (Wildman–Crippen LogP) is 3.48. The van der Waals surface area contributed by atoms with Gasteiger partial charge in [-0.2, -0.15) is 0 Å². The Hall–Kier alpha value is -0.890. The van der Waals surface area contributed by atoms with Gasteiger partial charge in [-0.1, -0.05) is 32.8 Å². The summed E-state index contributed by atoms with van der Waals surface area (Å²) in [5, 5.41) is 3.39. The van der Waals surface area contributed by atoms with E-state index in [4.69, 9.17) is 0 Å². The van der Waals surface area contributed by atoms with Crippen LogP contribution in [0.15, 0.2) is 18.3 Å². The molecular weight excluding hydrogens is 196 g/mol. The molecule has 1 heterocycles. The number of aromatic nitrogens is 1. The molecule has 0 fully saturated rings. The Morgan fingerprint density at radius 2 is 2.12 bits per heavy atom. The minimum absolute atomic E-state index is 0.439. The molecule has 2 nitrogen and oxygen atoms in total. The molecule has 2 heteroatoms. The van der Waals surface area contributed by atoms with Crippen molar-refractivity contribution >= 4 is 0 Å². The van der Waals surface area contributed by atoms with Crippen molar-refractivity contribution in [2.45, 2.75) is 46.1 Å². The van der Waals surface area contributed by atoms with E-state index in [0.717, 1.165) is 11.6 Å². The maximum atomic E-state index is 4.36. The number of pyridine rings is 1. The first kappa shape index (κ1) is 13.2. The molecule has 0 aromatic carbocycles. The first-order chi connectivity index (χ1) is 7.67. The van der Waals surface area contributed by atoms with Crippen LogP contribution in [0.3, 0.4) is 0 Å². The largest absolute Gasteiger partial charge is 0.313 e. The van der Waals surface area contributed by atoms with E-state index in [2.05, 4.69) is 36.3 Å². The average Bonchev–Trinajstić information content (AvgIpc) is 2.27. The van der Waals surface area contributed by atoms with Crippen LogP contribution in [0.1, 0.15) is 50.4 Å². The molecule has 0 aliphatic carbocycles. The molecule has 1 aromatic heterocycles. The van der Waals surface area contributed by atoms with E-state index in [-0.39, 0.29) is 0 Å². The Morgan fingerprint density at radius 1 is 1.38 bits per heavy atom. The predicted molar refractivity (Wildman–Crippen MR) is 69.5 cm³/mol. The number of rotatable bonds is 6. The fourth-order valence-electron chi connectivity index (χ4n) is 2.12. The Balaban J connectivity index is 2.63. The molecule has 0 saturated carbocycles. The van der Waals surface area contributed by atoms with Crippen molar-refractivity contribution in [2.24, 2.45) is 5.92 Å². The molecule has 0 aliphatic heterocycles. The van der Waals surface area contributed by atoms with Gasteiger partial charge in [-0.25, -0.2) is 0 Å². The monoisotopic (exact) mass is 220 g/mol. The van der Waals surface area contributed by atoms with Gasteiger partial charge >= 0.3 is 0 Å². The zero-order valence-corrected chi connectivity index (χ0v) is 11.0. The van der Waals surface area contributed by atoms with Crippen LogP contribution in [-0.4, -0.2) is 12.0 Å². The van der Waals surface area contributed by atoms with E-state index < -0.39 is 0 Å². The summed E-state index contributed by atoms with van der Waals surface area (Å²) >= 11 is 0. The molecule has 16 heavy (non-hydrogen) atoms. The molecule has 0 radical (unpaired) electrons. The van der Waals surface area contributed by atoms with Gasteiger partial charge in [0.2, 0.25) is 0 Å². The summed E-state index contributed by atoms with van der Waals surface area (Å²) in [5.41, 5.74) is 2.39. The summed E-state index contributed by atoms with van der Waals surface area (Å²) in [6, 6.07) is 4.71. The molecule has 90 valence electrons. The highest BCUT2D eigenvalue weighted by Crippen LogP contribution is 2.23. The molecule has 2 atom stereocenters. The van der Waals surface area contributed by atoms with E-state index >= 15 is 0 Å². The van der Waals surface area contributed by atoms with Crippen molar-refractivity contribution < 1.29 is 0 Å². The van der Waals surface area contributed by atoms with Gasteiger partial charge in [0.25, 0.3) is 0 Å². The lowest BCUT2D eigenvalue weighted by atomic mass is 9.94. The van der Waals surface area contributed by atoms with E-state index in [9.17, 15) is 0 Å². The Kier molecular flexibility index (Phi) is 5.47. The van der Waals surface area contributed by atoms with Gasteiger partial charge in [0.05, 0.1) is 0 Å². The van der Waals surface area contributed by atoms with Crippen LogP contribution >= 0.6 is 0 Å². The van der Waals surface area contributed by atoms with Gasteiger partial charge in [-0.05, 0) is 37.9 Å². The molecule has 0 saturated heterocycles. The van der Waals surface area contributed by atoms with E-state index in [1.54, 1.807) is 0 Å². The first-order valence-corrected chi connectivity index (χ1v) is 6.27. The molecule has 1 rings (SSSR count). The number of hydrogen-bond donors (Lipinski definition) is 1. The first-order valence-electron chi connectivity index (χ1n) is 6.27. The minimum atomic E-state index is 0.439. The summed E-state index contributed by atoms with van der Waals surface area (Å²) in [6.07, 6.45) is 5.76. The smallest absolute Gasteiger partial charge is 0.0372 e. The highest BCUT2D eigenvalue weighted by molar-refractivity contribution is 5.17. The Labute approximate surface area is 99.5 Å². The summed E-state index contributed by atoms with van der Waals surface area (Å²) in [5.74, 6) is 0.767. The topological polar surface area (TPSA) is 24.9 Å². The van der Waals surface area contributed by atoms with Gasteiger partial charge in [0, 0.05) is 17.9 Å². The normalized spacial score (nSPS) is 14.8. The maximum absolute atomic E-state index is 4.36. The fourth-order valence-corrected chi connectivity index (χ4v) is 2.12. The standard InChI is InChI=1S/C14H24N2/c1-5-6-11(2)9-14(15-4)13-8-7-12(3)16-10-13/h7-8,10-11,14-15H,5-6,9H2,1-4H3. The van der Waals surface area contributed by atoms with E-state index in [0.29, 0.717) is 6.04 Å². The van der Waals surface area contributed by atoms with Crippen molar-refractivity contribution in [2.75, 3.05) is 7.05 Å². The second-order valence-electron chi connectivity index (χ2n) is 4.70. The SMILES string of the molecule is CCCC(C)CC(NC)c1ccc(C)nc1. The molecule has 1 N–H and O–H groups in total. The third-order valence-electron chi connectivity index (χ3n) is 3.10. The van der Waals surface area contributed by atoms with Crippen LogP contribution in [0.5, 0.6) is 0 Å². The average molecular weight is 220 g/mol. The van der Waals surface area contributed by atoms with Gasteiger partial charge in [-0.3, -0.25) is 4.98 Å². The molecule has 0 bridgehead atoms. The van der Waals surface area contributed by atoms with Gasteiger partial charge < -0.3 is 5.32 Å².